The highest BCUT2D eigenvalue weighted by Gasteiger charge is 2.23. The minimum absolute atomic E-state index is 0.187. The summed E-state index contributed by atoms with van der Waals surface area (Å²) in [6.07, 6.45) is 3.63. The zero-order valence-electron chi connectivity index (χ0n) is 19.2. The Labute approximate surface area is 206 Å². The number of hydrogen-bond donors (Lipinski definition) is 2. The first kappa shape index (κ1) is 22.5. The number of imidazole rings is 1. The van der Waals surface area contributed by atoms with Gasteiger partial charge in [0.1, 0.15) is 12.7 Å². The minimum Gasteiger partial charge on any atom is -0.382 e. The lowest BCUT2D eigenvalue weighted by molar-refractivity contribution is 0.0939. The summed E-state index contributed by atoms with van der Waals surface area (Å²) < 4.78 is 3.50. The first-order chi connectivity index (χ1) is 16.9. The number of hydrogen-bond acceptors (Lipinski definition) is 6. The lowest BCUT2D eigenvalue weighted by atomic mass is 10.0. The molecule has 0 saturated carbocycles. The van der Waals surface area contributed by atoms with E-state index in [1.54, 1.807) is 18.1 Å². The molecule has 0 radical (unpaired) electrons. The standard InChI is InChI=1S/C25H23ClN8O/c1-15(17-8-10-18(11-9-17)34-14-30-21-23(27)28-13-29-24(21)34)31-25(35)20-19(33(2)32-22(20)26)12-16-6-4-3-5-7-16/h3-11,13-15H,12H2,1-2H3,(H,31,35)(H2,27,28,29)/t15-/m0/s1. The zero-order valence-corrected chi connectivity index (χ0v) is 19.9. The SMILES string of the molecule is C[C@H](NC(=O)c1c(Cl)nn(C)c1Cc1ccccc1)c1ccc(-n2cnc3c(N)ncnc32)cc1. The molecule has 2 aromatic carbocycles. The van der Waals surface area contributed by atoms with E-state index < -0.39 is 0 Å². The molecule has 1 atom stereocenters. The van der Waals surface area contributed by atoms with E-state index in [1.165, 1.54) is 6.33 Å². The number of nitrogens with two attached hydrogens (primary N) is 1. The van der Waals surface area contributed by atoms with Gasteiger partial charge in [-0.05, 0) is 30.2 Å². The summed E-state index contributed by atoms with van der Waals surface area (Å²) in [5.41, 5.74) is 11.1. The number of carbonyl (C=O) groups is 1. The monoisotopic (exact) mass is 486 g/mol. The first-order valence-electron chi connectivity index (χ1n) is 11.0. The third kappa shape index (κ3) is 4.33. The highest BCUT2D eigenvalue weighted by molar-refractivity contribution is 6.32. The average molecular weight is 487 g/mol. The summed E-state index contributed by atoms with van der Waals surface area (Å²) in [5.74, 6) is 0.0702. The molecule has 0 unspecified atom stereocenters. The Morgan fingerprint density at radius 2 is 1.83 bits per heavy atom. The van der Waals surface area contributed by atoms with Crippen molar-refractivity contribution in [1.29, 1.82) is 0 Å². The topological polar surface area (TPSA) is 117 Å². The summed E-state index contributed by atoms with van der Waals surface area (Å²) in [4.78, 5) is 25.8. The highest BCUT2D eigenvalue weighted by atomic mass is 35.5. The van der Waals surface area contributed by atoms with Crippen LogP contribution in [0.5, 0.6) is 0 Å². The number of amides is 1. The van der Waals surface area contributed by atoms with Gasteiger partial charge >= 0.3 is 0 Å². The predicted octanol–water partition coefficient (Wildman–Crippen LogP) is 3.87. The fourth-order valence-electron chi connectivity index (χ4n) is 4.06. The van der Waals surface area contributed by atoms with Crippen molar-refractivity contribution in [2.45, 2.75) is 19.4 Å². The second kappa shape index (κ2) is 9.19. The van der Waals surface area contributed by atoms with E-state index in [2.05, 4.69) is 25.4 Å². The molecule has 9 nitrogen and oxygen atoms in total. The van der Waals surface area contributed by atoms with Crippen LogP contribution in [0.2, 0.25) is 5.15 Å². The number of anilines is 1. The number of aromatic nitrogens is 6. The third-order valence-electron chi connectivity index (χ3n) is 5.95. The van der Waals surface area contributed by atoms with Crippen molar-refractivity contribution in [2.75, 3.05) is 5.73 Å². The number of nitrogens with zero attached hydrogens (tertiary/aromatic N) is 6. The number of carbonyl (C=O) groups excluding carboxylic acids is 1. The number of nitrogen functional groups attached to an aromatic ring is 1. The smallest absolute Gasteiger partial charge is 0.256 e. The zero-order chi connectivity index (χ0) is 24.5. The molecular formula is C25H23ClN8O. The van der Waals surface area contributed by atoms with Gasteiger partial charge in [-0.1, -0.05) is 54.1 Å². The molecule has 0 fully saturated rings. The van der Waals surface area contributed by atoms with Crippen LogP contribution in [-0.2, 0) is 13.5 Å². The Kier molecular flexibility index (Phi) is 5.92. The number of aryl methyl sites for hydroxylation is 1. The van der Waals surface area contributed by atoms with Crippen LogP contribution in [-0.4, -0.2) is 35.2 Å². The third-order valence-corrected chi connectivity index (χ3v) is 6.21. The van der Waals surface area contributed by atoms with E-state index in [9.17, 15) is 4.79 Å². The second-order valence-corrected chi connectivity index (χ2v) is 8.59. The van der Waals surface area contributed by atoms with Crippen molar-refractivity contribution in [3.63, 3.8) is 0 Å². The van der Waals surface area contributed by atoms with Crippen LogP contribution in [0.4, 0.5) is 5.82 Å². The number of nitrogens with one attached hydrogen (secondary N) is 1. The molecule has 0 aliphatic carbocycles. The van der Waals surface area contributed by atoms with E-state index in [1.807, 2.05) is 66.1 Å². The molecule has 3 N–H and O–H groups in total. The van der Waals surface area contributed by atoms with Crippen molar-refractivity contribution < 1.29 is 4.79 Å². The van der Waals surface area contributed by atoms with Gasteiger partial charge in [0.05, 0.1) is 17.3 Å². The highest BCUT2D eigenvalue weighted by Crippen LogP contribution is 2.24. The quantitative estimate of drug-likeness (QED) is 0.376. The molecular weight excluding hydrogens is 464 g/mol. The summed E-state index contributed by atoms with van der Waals surface area (Å²) in [5, 5.41) is 7.51. The van der Waals surface area contributed by atoms with Crippen LogP contribution < -0.4 is 11.1 Å². The van der Waals surface area contributed by atoms with E-state index in [4.69, 9.17) is 17.3 Å². The van der Waals surface area contributed by atoms with Crippen LogP contribution >= 0.6 is 11.6 Å². The van der Waals surface area contributed by atoms with Gasteiger partial charge in [0.2, 0.25) is 0 Å². The van der Waals surface area contributed by atoms with Gasteiger partial charge in [-0.25, -0.2) is 15.0 Å². The van der Waals surface area contributed by atoms with Crippen LogP contribution in [0, 0.1) is 0 Å². The van der Waals surface area contributed by atoms with E-state index in [-0.39, 0.29) is 17.1 Å². The maximum Gasteiger partial charge on any atom is 0.256 e. The van der Waals surface area contributed by atoms with E-state index in [0.29, 0.717) is 29.0 Å². The predicted molar refractivity (Wildman–Crippen MR) is 134 cm³/mol. The lowest BCUT2D eigenvalue weighted by Crippen LogP contribution is -2.27. The summed E-state index contributed by atoms with van der Waals surface area (Å²) in [7, 11) is 1.79. The van der Waals surface area contributed by atoms with Gasteiger partial charge in [-0.2, -0.15) is 5.10 Å². The fourth-order valence-corrected chi connectivity index (χ4v) is 4.37. The summed E-state index contributed by atoms with van der Waals surface area (Å²) in [6, 6.07) is 17.4. The number of halogens is 1. The molecule has 10 heteroatoms. The second-order valence-electron chi connectivity index (χ2n) is 8.23. The van der Waals surface area contributed by atoms with Crippen LogP contribution in [0.1, 0.15) is 40.1 Å². The molecule has 1 amide bonds. The maximum absolute atomic E-state index is 13.2. The molecule has 0 aliphatic rings. The molecule has 5 aromatic rings. The van der Waals surface area contributed by atoms with E-state index >= 15 is 0 Å². The molecule has 0 aliphatic heterocycles. The van der Waals surface area contributed by atoms with Crippen LogP contribution in [0.25, 0.3) is 16.9 Å². The fraction of sp³-hybridized carbons (Fsp3) is 0.160. The number of rotatable bonds is 6. The van der Waals surface area contributed by atoms with Gasteiger partial charge < -0.3 is 11.1 Å². The minimum atomic E-state index is -0.265. The van der Waals surface area contributed by atoms with Gasteiger partial charge in [0.15, 0.2) is 22.1 Å². The Morgan fingerprint density at radius 3 is 2.57 bits per heavy atom. The Hall–Kier alpha value is -4.24. The van der Waals surface area contributed by atoms with Crippen LogP contribution in [0.3, 0.4) is 0 Å². The van der Waals surface area contributed by atoms with Gasteiger partial charge in [0, 0.05) is 19.2 Å². The summed E-state index contributed by atoms with van der Waals surface area (Å²) >= 11 is 6.36. The average Bonchev–Trinajstić information content (AvgIpc) is 3.41. The molecule has 0 bridgehead atoms. The Balaban J connectivity index is 1.35. The van der Waals surface area contributed by atoms with Gasteiger partial charge in [-0.3, -0.25) is 14.0 Å². The molecule has 5 rings (SSSR count). The van der Waals surface area contributed by atoms with Crippen molar-refractivity contribution in [1.82, 2.24) is 34.6 Å². The Bertz CT molecular complexity index is 1510. The largest absolute Gasteiger partial charge is 0.382 e. The van der Waals surface area contributed by atoms with E-state index in [0.717, 1.165) is 22.5 Å². The normalized spacial score (nSPS) is 12.1. The molecule has 35 heavy (non-hydrogen) atoms. The summed E-state index contributed by atoms with van der Waals surface area (Å²) in [6.45, 7) is 1.93. The van der Waals surface area contributed by atoms with Crippen molar-refractivity contribution in [3.8, 4) is 5.69 Å². The van der Waals surface area contributed by atoms with Gasteiger partial charge in [-0.15, -0.1) is 0 Å². The van der Waals surface area contributed by atoms with Crippen molar-refractivity contribution in [3.05, 3.63) is 94.8 Å². The molecule has 176 valence electrons. The molecule has 3 heterocycles. The molecule has 3 aromatic heterocycles. The lowest BCUT2D eigenvalue weighted by Gasteiger charge is -2.16. The number of benzene rings is 2. The van der Waals surface area contributed by atoms with Crippen molar-refractivity contribution in [2.24, 2.45) is 7.05 Å². The molecule has 0 spiro atoms. The molecule has 0 saturated heterocycles. The maximum atomic E-state index is 13.2. The van der Waals surface area contributed by atoms with Crippen LogP contribution in [0.15, 0.2) is 67.3 Å². The first-order valence-corrected chi connectivity index (χ1v) is 11.4. The number of fused-ring (bicyclic) bond motifs is 1. The van der Waals surface area contributed by atoms with Gasteiger partial charge in [0.25, 0.3) is 5.91 Å². The Morgan fingerprint density at radius 1 is 1.09 bits per heavy atom. The van der Waals surface area contributed by atoms with Crippen molar-refractivity contribution >= 4 is 34.5 Å².